The van der Waals surface area contributed by atoms with Crippen LogP contribution in [0.2, 0.25) is 0 Å². The van der Waals surface area contributed by atoms with Gasteiger partial charge in [0, 0.05) is 31.9 Å². The van der Waals surface area contributed by atoms with Crippen molar-refractivity contribution in [2.24, 2.45) is 5.92 Å². The Bertz CT molecular complexity index is 756. The number of fused-ring (bicyclic) bond motifs is 1. The molecule has 0 saturated heterocycles. The first-order valence-corrected chi connectivity index (χ1v) is 9.01. The number of likely N-dealkylation sites (N-methyl/N-ethyl adjacent to an activating group) is 1. The van der Waals surface area contributed by atoms with Crippen LogP contribution in [0.15, 0.2) is 42.6 Å². The van der Waals surface area contributed by atoms with E-state index in [1.807, 2.05) is 29.2 Å². The van der Waals surface area contributed by atoms with E-state index in [-0.39, 0.29) is 5.91 Å². The molecular formula is C20H23N3O2. The van der Waals surface area contributed by atoms with Crippen LogP contribution < -0.4 is 14.5 Å². The third kappa shape index (κ3) is 3.31. The highest BCUT2D eigenvalue weighted by Crippen LogP contribution is 2.33. The van der Waals surface area contributed by atoms with Crippen LogP contribution >= 0.6 is 0 Å². The lowest BCUT2D eigenvalue weighted by atomic mass is 10.1. The van der Waals surface area contributed by atoms with E-state index >= 15 is 0 Å². The number of anilines is 2. The molecule has 0 unspecified atom stereocenters. The monoisotopic (exact) mass is 337 g/mol. The summed E-state index contributed by atoms with van der Waals surface area (Å²) >= 11 is 0. The summed E-state index contributed by atoms with van der Waals surface area (Å²) in [6, 6.07) is 11.7. The molecule has 1 aromatic heterocycles. The zero-order valence-electron chi connectivity index (χ0n) is 14.5. The standard InChI is InChI=1S/C20H23N3O2/c1-2-22-11-12-23(18-6-4-3-5-17(18)22)20(24)16-9-10-19(21-13-16)25-14-15-7-8-15/h3-6,9-10,13,15H,2,7-8,11-12,14H2,1H3. The number of carbonyl (C=O) groups excluding carboxylic acids is 1. The van der Waals surface area contributed by atoms with E-state index in [0.717, 1.165) is 31.1 Å². The fraction of sp³-hybridized carbons (Fsp3) is 0.400. The first-order valence-electron chi connectivity index (χ1n) is 9.01. The van der Waals surface area contributed by atoms with Gasteiger partial charge in [-0.3, -0.25) is 4.79 Å². The van der Waals surface area contributed by atoms with Gasteiger partial charge in [0.05, 0.1) is 23.5 Å². The Morgan fingerprint density at radius 3 is 2.64 bits per heavy atom. The third-order valence-corrected chi connectivity index (χ3v) is 4.88. The average Bonchev–Trinajstić information content (AvgIpc) is 3.50. The Labute approximate surface area is 148 Å². The number of aromatic nitrogens is 1. The molecule has 130 valence electrons. The summed E-state index contributed by atoms with van der Waals surface area (Å²) in [6.07, 6.45) is 4.12. The maximum atomic E-state index is 13.0. The second kappa shape index (κ2) is 6.75. The fourth-order valence-corrected chi connectivity index (χ4v) is 3.20. The number of benzene rings is 1. The summed E-state index contributed by atoms with van der Waals surface area (Å²) in [4.78, 5) is 21.4. The van der Waals surface area contributed by atoms with E-state index in [9.17, 15) is 4.79 Å². The summed E-state index contributed by atoms with van der Waals surface area (Å²) < 4.78 is 5.65. The molecule has 5 heteroatoms. The fourth-order valence-electron chi connectivity index (χ4n) is 3.20. The molecule has 2 aromatic rings. The van der Waals surface area contributed by atoms with Crippen molar-refractivity contribution < 1.29 is 9.53 Å². The molecule has 1 saturated carbocycles. The molecule has 4 rings (SSSR count). The number of rotatable bonds is 5. The molecule has 2 heterocycles. The molecular weight excluding hydrogens is 314 g/mol. The predicted octanol–water partition coefficient (Wildman–Crippen LogP) is 3.36. The Balaban J connectivity index is 1.52. The minimum atomic E-state index is -0.00977. The molecule has 0 radical (unpaired) electrons. The molecule has 1 amide bonds. The second-order valence-electron chi connectivity index (χ2n) is 6.66. The first kappa shape index (κ1) is 15.9. The molecule has 0 N–H and O–H groups in total. The summed E-state index contributed by atoms with van der Waals surface area (Å²) in [5.74, 6) is 1.28. The number of hydrogen-bond acceptors (Lipinski definition) is 4. The molecule has 1 aliphatic carbocycles. The van der Waals surface area contributed by atoms with Crippen molar-refractivity contribution in [1.29, 1.82) is 0 Å². The zero-order chi connectivity index (χ0) is 17.2. The summed E-state index contributed by atoms with van der Waals surface area (Å²) in [5, 5.41) is 0. The van der Waals surface area contributed by atoms with Gasteiger partial charge in [-0.1, -0.05) is 12.1 Å². The number of para-hydroxylation sites is 2. The Morgan fingerprint density at radius 2 is 1.96 bits per heavy atom. The van der Waals surface area contributed by atoms with Gasteiger partial charge in [0.25, 0.3) is 5.91 Å². The molecule has 1 aliphatic heterocycles. The molecule has 5 nitrogen and oxygen atoms in total. The largest absolute Gasteiger partial charge is 0.477 e. The molecule has 1 fully saturated rings. The minimum absolute atomic E-state index is 0.00977. The Hall–Kier alpha value is -2.56. The van der Waals surface area contributed by atoms with Crippen molar-refractivity contribution >= 4 is 17.3 Å². The topological polar surface area (TPSA) is 45.7 Å². The summed E-state index contributed by atoms with van der Waals surface area (Å²) in [7, 11) is 0. The van der Waals surface area contributed by atoms with Crippen LogP contribution in [0.5, 0.6) is 5.88 Å². The highest BCUT2D eigenvalue weighted by atomic mass is 16.5. The molecule has 0 spiro atoms. The van der Waals surface area contributed by atoms with Gasteiger partial charge in [-0.05, 0) is 43.9 Å². The maximum Gasteiger partial charge on any atom is 0.259 e. The van der Waals surface area contributed by atoms with Crippen molar-refractivity contribution in [3.05, 3.63) is 48.2 Å². The maximum absolute atomic E-state index is 13.0. The van der Waals surface area contributed by atoms with Gasteiger partial charge in [-0.25, -0.2) is 4.98 Å². The predicted molar refractivity (Wildman–Crippen MR) is 98.5 cm³/mol. The first-order chi connectivity index (χ1) is 12.3. The SMILES string of the molecule is CCN1CCN(C(=O)c2ccc(OCC3CC3)nc2)c2ccccc21. The Kier molecular flexibility index (Phi) is 4.30. The number of nitrogens with zero attached hydrogens (tertiary/aromatic N) is 3. The summed E-state index contributed by atoms with van der Waals surface area (Å²) in [5.41, 5.74) is 2.68. The van der Waals surface area contributed by atoms with Gasteiger partial charge >= 0.3 is 0 Å². The van der Waals surface area contributed by atoms with E-state index in [0.29, 0.717) is 23.9 Å². The quantitative estimate of drug-likeness (QED) is 0.839. The van der Waals surface area contributed by atoms with Gasteiger partial charge in [0.1, 0.15) is 0 Å². The molecule has 0 bridgehead atoms. The van der Waals surface area contributed by atoms with Crippen molar-refractivity contribution in [3.63, 3.8) is 0 Å². The van der Waals surface area contributed by atoms with Crippen LogP contribution in [-0.2, 0) is 0 Å². The Morgan fingerprint density at radius 1 is 1.16 bits per heavy atom. The lowest BCUT2D eigenvalue weighted by Crippen LogP contribution is -2.44. The van der Waals surface area contributed by atoms with E-state index in [4.69, 9.17) is 4.74 Å². The van der Waals surface area contributed by atoms with Gasteiger partial charge in [0.15, 0.2) is 0 Å². The van der Waals surface area contributed by atoms with Crippen LogP contribution in [0.3, 0.4) is 0 Å². The van der Waals surface area contributed by atoms with Crippen molar-refractivity contribution in [2.45, 2.75) is 19.8 Å². The van der Waals surface area contributed by atoms with Crippen molar-refractivity contribution in [1.82, 2.24) is 4.98 Å². The second-order valence-corrected chi connectivity index (χ2v) is 6.66. The number of hydrogen-bond donors (Lipinski definition) is 0. The van der Waals surface area contributed by atoms with E-state index in [2.05, 4.69) is 22.9 Å². The van der Waals surface area contributed by atoms with Crippen LogP contribution in [0.4, 0.5) is 11.4 Å². The molecule has 0 atom stereocenters. The molecule has 1 aromatic carbocycles. The highest BCUT2D eigenvalue weighted by molar-refractivity contribution is 6.08. The van der Waals surface area contributed by atoms with Gasteiger partial charge in [-0.15, -0.1) is 0 Å². The van der Waals surface area contributed by atoms with Gasteiger partial charge in [0.2, 0.25) is 5.88 Å². The van der Waals surface area contributed by atoms with Crippen LogP contribution in [0, 0.1) is 5.92 Å². The van der Waals surface area contributed by atoms with Crippen molar-refractivity contribution in [3.8, 4) is 5.88 Å². The smallest absolute Gasteiger partial charge is 0.259 e. The number of amides is 1. The molecule has 2 aliphatic rings. The third-order valence-electron chi connectivity index (χ3n) is 4.88. The average molecular weight is 337 g/mol. The lowest BCUT2D eigenvalue weighted by molar-refractivity contribution is 0.0986. The van der Waals surface area contributed by atoms with Crippen LogP contribution in [0.1, 0.15) is 30.1 Å². The molecule has 25 heavy (non-hydrogen) atoms. The zero-order valence-corrected chi connectivity index (χ0v) is 14.5. The van der Waals surface area contributed by atoms with E-state index < -0.39 is 0 Å². The summed E-state index contributed by atoms with van der Waals surface area (Å²) in [6.45, 7) is 5.33. The lowest BCUT2D eigenvalue weighted by Gasteiger charge is -2.37. The van der Waals surface area contributed by atoms with Crippen LogP contribution in [-0.4, -0.2) is 37.1 Å². The van der Waals surface area contributed by atoms with Crippen molar-refractivity contribution in [2.75, 3.05) is 36.0 Å². The number of pyridine rings is 1. The number of carbonyl (C=O) groups is 1. The minimum Gasteiger partial charge on any atom is -0.477 e. The normalized spacial score (nSPS) is 16.5. The van der Waals surface area contributed by atoms with Gasteiger partial charge in [-0.2, -0.15) is 0 Å². The van der Waals surface area contributed by atoms with Gasteiger partial charge < -0.3 is 14.5 Å². The highest BCUT2D eigenvalue weighted by Gasteiger charge is 2.27. The van der Waals surface area contributed by atoms with Crippen LogP contribution in [0.25, 0.3) is 0 Å². The number of ether oxygens (including phenoxy) is 1. The van der Waals surface area contributed by atoms with E-state index in [1.54, 1.807) is 12.3 Å². The van der Waals surface area contributed by atoms with E-state index in [1.165, 1.54) is 12.8 Å².